The first-order chi connectivity index (χ1) is 4.34. The van der Waals surface area contributed by atoms with Gasteiger partial charge in [-0.2, -0.15) is 5.26 Å². The minimum atomic E-state index is -0.301. The zero-order valence-electron chi connectivity index (χ0n) is 5.17. The molecule has 3 heteroatoms. The van der Waals surface area contributed by atoms with Gasteiger partial charge in [-0.1, -0.05) is 0 Å². The SMILES string of the molecule is N#CC[C@H]1CNC[C@H]1O. The molecular weight excluding hydrogens is 116 g/mol. The number of rotatable bonds is 1. The molecule has 0 spiro atoms. The maximum atomic E-state index is 9.11. The molecular formula is C6H10N2O. The van der Waals surface area contributed by atoms with Gasteiger partial charge in [0.1, 0.15) is 0 Å². The van der Waals surface area contributed by atoms with Crippen LogP contribution in [-0.2, 0) is 0 Å². The Bertz CT molecular complexity index is 130. The van der Waals surface area contributed by atoms with Crippen molar-refractivity contribution >= 4 is 0 Å². The second-order valence-corrected chi connectivity index (χ2v) is 2.35. The van der Waals surface area contributed by atoms with Gasteiger partial charge < -0.3 is 10.4 Å². The Balaban J connectivity index is 2.33. The summed E-state index contributed by atoms with van der Waals surface area (Å²) in [5, 5.41) is 20.4. The first-order valence-electron chi connectivity index (χ1n) is 3.10. The van der Waals surface area contributed by atoms with E-state index in [2.05, 4.69) is 5.32 Å². The van der Waals surface area contributed by atoms with Crippen LogP contribution >= 0.6 is 0 Å². The Morgan fingerprint density at radius 2 is 2.44 bits per heavy atom. The summed E-state index contributed by atoms with van der Waals surface area (Å²) in [6.45, 7) is 1.43. The number of nitriles is 1. The smallest absolute Gasteiger partial charge is 0.0714 e. The van der Waals surface area contributed by atoms with Crippen molar-refractivity contribution in [3.05, 3.63) is 0 Å². The van der Waals surface area contributed by atoms with Gasteiger partial charge in [0.25, 0.3) is 0 Å². The fourth-order valence-electron chi connectivity index (χ4n) is 1.04. The Labute approximate surface area is 54.3 Å². The summed E-state index contributed by atoms with van der Waals surface area (Å²) in [5.41, 5.74) is 0. The van der Waals surface area contributed by atoms with Crippen LogP contribution in [0.25, 0.3) is 0 Å². The minimum absolute atomic E-state index is 0.162. The molecule has 1 heterocycles. The Hall–Kier alpha value is -0.590. The summed E-state index contributed by atoms with van der Waals surface area (Å²) in [6, 6.07) is 2.04. The molecule has 0 bridgehead atoms. The summed E-state index contributed by atoms with van der Waals surface area (Å²) >= 11 is 0. The number of aliphatic hydroxyl groups excluding tert-OH is 1. The Morgan fingerprint density at radius 1 is 1.67 bits per heavy atom. The predicted octanol–water partition coefficient (Wildman–Crippen LogP) is -0.520. The van der Waals surface area contributed by atoms with Gasteiger partial charge in [-0.15, -0.1) is 0 Å². The van der Waals surface area contributed by atoms with E-state index in [-0.39, 0.29) is 12.0 Å². The molecule has 0 aromatic carbocycles. The van der Waals surface area contributed by atoms with Crippen LogP contribution < -0.4 is 5.32 Å². The zero-order valence-corrected chi connectivity index (χ0v) is 5.17. The lowest BCUT2D eigenvalue weighted by Crippen LogP contribution is -2.16. The van der Waals surface area contributed by atoms with Crippen molar-refractivity contribution < 1.29 is 5.11 Å². The number of nitrogens with one attached hydrogen (secondary N) is 1. The molecule has 2 atom stereocenters. The van der Waals surface area contributed by atoms with Crippen LogP contribution in [0.4, 0.5) is 0 Å². The molecule has 9 heavy (non-hydrogen) atoms. The van der Waals surface area contributed by atoms with E-state index in [9.17, 15) is 0 Å². The van der Waals surface area contributed by atoms with Gasteiger partial charge in [-0.3, -0.25) is 0 Å². The monoisotopic (exact) mass is 126 g/mol. The van der Waals surface area contributed by atoms with Gasteiger partial charge in [0.05, 0.1) is 12.2 Å². The Morgan fingerprint density at radius 3 is 2.89 bits per heavy atom. The molecule has 1 fully saturated rings. The second-order valence-electron chi connectivity index (χ2n) is 2.35. The topological polar surface area (TPSA) is 56.0 Å². The van der Waals surface area contributed by atoms with Crippen LogP contribution in [0.3, 0.4) is 0 Å². The highest BCUT2D eigenvalue weighted by atomic mass is 16.3. The van der Waals surface area contributed by atoms with Crippen molar-refractivity contribution in [1.29, 1.82) is 5.26 Å². The molecule has 50 valence electrons. The zero-order chi connectivity index (χ0) is 6.69. The van der Waals surface area contributed by atoms with E-state index in [4.69, 9.17) is 10.4 Å². The molecule has 0 radical (unpaired) electrons. The molecule has 0 aromatic rings. The summed E-state index contributed by atoms with van der Waals surface area (Å²) < 4.78 is 0. The predicted molar refractivity (Wildman–Crippen MR) is 32.6 cm³/mol. The summed E-state index contributed by atoms with van der Waals surface area (Å²) in [6.07, 6.45) is 0.165. The molecule has 1 aliphatic rings. The lowest BCUT2D eigenvalue weighted by atomic mass is 10.0. The highest BCUT2D eigenvalue weighted by Crippen LogP contribution is 2.11. The van der Waals surface area contributed by atoms with E-state index in [0.29, 0.717) is 13.0 Å². The third-order valence-corrected chi connectivity index (χ3v) is 1.66. The highest BCUT2D eigenvalue weighted by molar-refractivity contribution is 4.87. The van der Waals surface area contributed by atoms with E-state index in [1.165, 1.54) is 0 Å². The van der Waals surface area contributed by atoms with Gasteiger partial charge in [0.2, 0.25) is 0 Å². The van der Waals surface area contributed by atoms with Crippen molar-refractivity contribution in [2.45, 2.75) is 12.5 Å². The number of aliphatic hydroxyl groups is 1. The van der Waals surface area contributed by atoms with E-state index in [1.54, 1.807) is 0 Å². The fourth-order valence-corrected chi connectivity index (χ4v) is 1.04. The maximum absolute atomic E-state index is 9.11. The first kappa shape index (κ1) is 6.53. The van der Waals surface area contributed by atoms with E-state index >= 15 is 0 Å². The van der Waals surface area contributed by atoms with Crippen LogP contribution in [0.15, 0.2) is 0 Å². The number of nitrogens with zero attached hydrogens (tertiary/aromatic N) is 1. The molecule has 1 saturated heterocycles. The normalized spacial score (nSPS) is 34.2. The molecule has 1 rings (SSSR count). The lowest BCUT2D eigenvalue weighted by molar-refractivity contribution is 0.150. The van der Waals surface area contributed by atoms with E-state index in [1.807, 2.05) is 6.07 Å². The van der Waals surface area contributed by atoms with Crippen LogP contribution in [0.1, 0.15) is 6.42 Å². The van der Waals surface area contributed by atoms with Gasteiger partial charge in [0, 0.05) is 25.4 Å². The van der Waals surface area contributed by atoms with Crippen molar-refractivity contribution in [3.8, 4) is 6.07 Å². The molecule has 0 saturated carbocycles. The fraction of sp³-hybridized carbons (Fsp3) is 0.833. The molecule has 0 aromatic heterocycles. The highest BCUT2D eigenvalue weighted by Gasteiger charge is 2.23. The van der Waals surface area contributed by atoms with Gasteiger partial charge in [0.15, 0.2) is 0 Å². The maximum Gasteiger partial charge on any atom is 0.0714 e. The lowest BCUT2D eigenvalue weighted by Gasteiger charge is -2.06. The van der Waals surface area contributed by atoms with Crippen molar-refractivity contribution in [3.63, 3.8) is 0 Å². The second kappa shape index (κ2) is 2.81. The Kier molecular flexibility index (Phi) is 2.04. The largest absolute Gasteiger partial charge is 0.391 e. The van der Waals surface area contributed by atoms with Crippen LogP contribution in [0, 0.1) is 17.2 Å². The van der Waals surface area contributed by atoms with Gasteiger partial charge in [-0.25, -0.2) is 0 Å². The summed E-state index contributed by atoms with van der Waals surface area (Å²) in [5.74, 6) is 0.162. The molecule has 3 nitrogen and oxygen atoms in total. The summed E-state index contributed by atoms with van der Waals surface area (Å²) in [4.78, 5) is 0. The average Bonchev–Trinajstić information content (AvgIpc) is 2.18. The average molecular weight is 126 g/mol. The van der Waals surface area contributed by atoms with Gasteiger partial charge in [-0.05, 0) is 0 Å². The van der Waals surface area contributed by atoms with Gasteiger partial charge >= 0.3 is 0 Å². The molecule has 2 N–H and O–H groups in total. The van der Waals surface area contributed by atoms with Crippen molar-refractivity contribution in [1.82, 2.24) is 5.32 Å². The third kappa shape index (κ3) is 1.41. The molecule has 0 aliphatic carbocycles. The molecule has 0 amide bonds. The number of β-amino-alcohol motifs (C(OH)–C–C–N with tert-alkyl or cyclic N) is 1. The van der Waals surface area contributed by atoms with Crippen LogP contribution in [0.2, 0.25) is 0 Å². The summed E-state index contributed by atoms with van der Waals surface area (Å²) in [7, 11) is 0. The standard InChI is InChI=1S/C6H10N2O/c7-2-1-5-3-8-4-6(5)9/h5-6,8-9H,1,3-4H2/t5-,6+/m0/s1. The first-order valence-corrected chi connectivity index (χ1v) is 3.10. The van der Waals surface area contributed by atoms with E-state index in [0.717, 1.165) is 6.54 Å². The van der Waals surface area contributed by atoms with Crippen LogP contribution in [0.5, 0.6) is 0 Å². The van der Waals surface area contributed by atoms with Crippen LogP contribution in [-0.4, -0.2) is 24.3 Å². The number of hydrogen-bond acceptors (Lipinski definition) is 3. The molecule has 0 unspecified atom stereocenters. The minimum Gasteiger partial charge on any atom is -0.391 e. The van der Waals surface area contributed by atoms with Crippen molar-refractivity contribution in [2.24, 2.45) is 5.92 Å². The number of hydrogen-bond donors (Lipinski definition) is 2. The van der Waals surface area contributed by atoms with Crippen molar-refractivity contribution in [2.75, 3.05) is 13.1 Å². The quantitative estimate of drug-likeness (QED) is 0.497. The van der Waals surface area contributed by atoms with E-state index < -0.39 is 0 Å². The molecule has 1 aliphatic heterocycles. The third-order valence-electron chi connectivity index (χ3n) is 1.66.